The minimum absolute atomic E-state index is 0.174. The molecule has 19 heavy (non-hydrogen) atoms. The first-order valence-electron chi connectivity index (χ1n) is 5.26. The van der Waals surface area contributed by atoms with Crippen molar-refractivity contribution in [2.75, 3.05) is 0 Å². The SMILES string of the molecule is O=C(Cn1ccc(C(F)(F)F)n1)c1ccccc1F. The van der Waals surface area contributed by atoms with Gasteiger partial charge in [-0.15, -0.1) is 0 Å². The number of hydrogen-bond acceptors (Lipinski definition) is 2. The summed E-state index contributed by atoms with van der Waals surface area (Å²) in [6.45, 7) is -0.447. The number of carbonyl (C=O) groups is 1. The lowest BCUT2D eigenvalue weighted by atomic mass is 10.1. The van der Waals surface area contributed by atoms with Gasteiger partial charge in [0.1, 0.15) is 12.4 Å². The Kier molecular flexibility index (Phi) is 3.37. The summed E-state index contributed by atoms with van der Waals surface area (Å²) < 4.78 is 51.1. The molecule has 0 atom stereocenters. The average Bonchev–Trinajstić information content (AvgIpc) is 2.77. The normalized spacial score (nSPS) is 11.6. The van der Waals surface area contributed by atoms with E-state index in [2.05, 4.69) is 5.10 Å². The quantitative estimate of drug-likeness (QED) is 0.636. The van der Waals surface area contributed by atoms with Crippen LogP contribution in [0.2, 0.25) is 0 Å². The molecule has 0 aliphatic heterocycles. The number of nitrogens with zero attached hydrogens (tertiary/aromatic N) is 2. The zero-order chi connectivity index (χ0) is 14.0. The Balaban J connectivity index is 2.16. The van der Waals surface area contributed by atoms with Gasteiger partial charge in [0.25, 0.3) is 0 Å². The highest BCUT2D eigenvalue weighted by Gasteiger charge is 2.33. The maximum atomic E-state index is 13.3. The fourth-order valence-electron chi connectivity index (χ4n) is 1.52. The summed E-state index contributed by atoms with van der Waals surface area (Å²) in [5.74, 6) is -1.36. The number of halogens is 4. The molecule has 2 aromatic rings. The lowest BCUT2D eigenvalue weighted by molar-refractivity contribution is -0.141. The molecule has 1 aromatic carbocycles. The van der Waals surface area contributed by atoms with Crippen LogP contribution in [-0.4, -0.2) is 15.6 Å². The molecule has 0 amide bonds. The smallest absolute Gasteiger partial charge is 0.292 e. The summed E-state index contributed by atoms with van der Waals surface area (Å²) in [6.07, 6.45) is -3.53. The Morgan fingerprint density at radius 1 is 1.21 bits per heavy atom. The molecule has 0 fully saturated rings. The monoisotopic (exact) mass is 272 g/mol. The maximum Gasteiger partial charge on any atom is 0.435 e. The highest BCUT2D eigenvalue weighted by atomic mass is 19.4. The highest BCUT2D eigenvalue weighted by molar-refractivity contribution is 5.96. The summed E-state index contributed by atoms with van der Waals surface area (Å²) in [5.41, 5.74) is -1.26. The third-order valence-electron chi connectivity index (χ3n) is 2.41. The number of aromatic nitrogens is 2. The number of ketones is 1. The summed E-state index contributed by atoms with van der Waals surface area (Å²) in [4.78, 5) is 11.7. The zero-order valence-corrected chi connectivity index (χ0v) is 9.49. The Bertz CT molecular complexity index is 604. The van der Waals surface area contributed by atoms with Gasteiger partial charge < -0.3 is 0 Å². The fraction of sp³-hybridized carbons (Fsp3) is 0.167. The van der Waals surface area contributed by atoms with Crippen molar-refractivity contribution in [2.45, 2.75) is 12.7 Å². The summed E-state index contributed by atoms with van der Waals surface area (Å²) in [6, 6.07) is 6.03. The number of Topliss-reactive ketones (excluding diaryl/α,β-unsaturated/α-hetero) is 1. The lowest BCUT2D eigenvalue weighted by Crippen LogP contribution is -2.14. The van der Waals surface area contributed by atoms with E-state index in [1.165, 1.54) is 18.2 Å². The zero-order valence-electron chi connectivity index (χ0n) is 9.49. The molecule has 100 valence electrons. The third kappa shape index (κ3) is 2.98. The molecular formula is C12H8F4N2O. The van der Waals surface area contributed by atoms with Crippen molar-refractivity contribution in [2.24, 2.45) is 0 Å². The summed E-state index contributed by atoms with van der Waals surface area (Å²) >= 11 is 0. The molecule has 0 spiro atoms. The minimum atomic E-state index is -4.56. The predicted molar refractivity (Wildman–Crippen MR) is 58.0 cm³/mol. The number of rotatable bonds is 3. The van der Waals surface area contributed by atoms with E-state index < -0.39 is 30.0 Å². The van der Waals surface area contributed by atoms with E-state index in [1.807, 2.05) is 0 Å². The van der Waals surface area contributed by atoms with Crippen molar-refractivity contribution >= 4 is 5.78 Å². The van der Waals surface area contributed by atoms with Crippen molar-refractivity contribution in [3.8, 4) is 0 Å². The van der Waals surface area contributed by atoms with Gasteiger partial charge in [-0.05, 0) is 18.2 Å². The second-order valence-electron chi connectivity index (χ2n) is 3.80. The van der Waals surface area contributed by atoms with Crippen LogP contribution in [0.5, 0.6) is 0 Å². The number of alkyl halides is 3. The highest BCUT2D eigenvalue weighted by Crippen LogP contribution is 2.27. The van der Waals surface area contributed by atoms with Crippen LogP contribution >= 0.6 is 0 Å². The maximum absolute atomic E-state index is 13.3. The van der Waals surface area contributed by atoms with Gasteiger partial charge in [0, 0.05) is 6.20 Å². The fourth-order valence-corrected chi connectivity index (χ4v) is 1.52. The van der Waals surface area contributed by atoms with Gasteiger partial charge in [-0.2, -0.15) is 18.3 Å². The topological polar surface area (TPSA) is 34.9 Å². The van der Waals surface area contributed by atoms with Crippen LogP contribution in [-0.2, 0) is 12.7 Å². The molecule has 1 heterocycles. The number of carbonyl (C=O) groups excluding carboxylic acids is 1. The van der Waals surface area contributed by atoms with E-state index in [0.29, 0.717) is 0 Å². The number of hydrogen-bond donors (Lipinski definition) is 0. The molecule has 0 saturated carbocycles. The van der Waals surface area contributed by atoms with Crippen molar-refractivity contribution in [3.63, 3.8) is 0 Å². The minimum Gasteiger partial charge on any atom is -0.292 e. The first-order chi connectivity index (χ1) is 8.88. The Morgan fingerprint density at radius 2 is 1.89 bits per heavy atom. The van der Waals surface area contributed by atoms with Crippen LogP contribution in [0.1, 0.15) is 16.1 Å². The van der Waals surface area contributed by atoms with Gasteiger partial charge in [0.15, 0.2) is 11.5 Å². The molecule has 2 rings (SSSR count). The van der Waals surface area contributed by atoms with E-state index in [0.717, 1.165) is 23.0 Å². The first kappa shape index (κ1) is 13.3. The van der Waals surface area contributed by atoms with Crippen molar-refractivity contribution in [1.82, 2.24) is 9.78 Å². The Labute approximate surface area is 105 Å². The van der Waals surface area contributed by atoms with Crippen LogP contribution in [0.25, 0.3) is 0 Å². The van der Waals surface area contributed by atoms with Crippen LogP contribution in [0.15, 0.2) is 36.5 Å². The standard InChI is InChI=1S/C12H8F4N2O/c13-9-4-2-1-3-8(9)10(19)7-18-6-5-11(17-18)12(14,15)16/h1-6H,7H2. The molecule has 0 bridgehead atoms. The van der Waals surface area contributed by atoms with Gasteiger partial charge in [0.2, 0.25) is 0 Å². The van der Waals surface area contributed by atoms with Crippen LogP contribution in [0.4, 0.5) is 17.6 Å². The molecule has 0 aliphatic carbocycles. The van der Waals surface area contributed by atoms with Gasteiger partial charge in [-0.25, -0.2) is 4.39 Å². The molecule has 0 aliphatic rings. The second-order valence-corrected chi connectivity index (χ2v) is 3.80. The third-order valence-corrected chi connectivity index (χ3v) is 2.41. The molecule has 0 saturated heterocycles. The van der Waals surface area contributed by atoms with Crippen molar-refractivity contribution in [3.05, 3.63) is 53.6 Å². The van der Waals surface area contributed by atoms with Gasteiger partial charge in [-0.1, -0.05) is 12.1 Å². The van der Waals surface area contributed by atoms with E-state index in [4.69, 9.17) is 0 Å². The first-order valence-corrected chi connectivity index (χ1v) is 5.26. The largest absolute Gasteiger partial charge is 0.435 e. The summed E-state index contributed by atoms with van der Waals surface area (Å²) in [5, 5.41) is 3.23. The van der Waals surface area contributed by atoms with Gasteiger partial charge in [-0.3, -0.25) is 9.48 Å². The van der Waals surface area contributed by atoms with E-state index in [9.17, 15) is 22.4 Å². The molecular weight excluding hydrogens is 264 g/mol. The molecule has 3 nitrogen and oxygen atoms in total. The molecule has 1 aromatic heterocycles. The van der Waals surface area contributed by atoms with Crippen LogP contribution in [0.3, 0.4) is 0 Å². The Hall–Kier alpha value is -2.18. The average molecular weight is 272 g/mol. The number of benzene rings is 1. The summed E-state index contributed by atoms with van der Waals surface area (Å²) in [7, 11) is 0. The second kappa shape index (κ2) is 4.83. The van der Waals surface area contributed by atoms with Crippen molar-refractivity contribution < 1.29 is 22.4 Å². The molecule has 7 heteroatoms. The predicted octanol–water partition coefficient (Wildman–Crippen LogP) is 2.92. The van der Waals surface area contributed by atoms with Gasteiger partial charge in [0.05, 0.1) is 5.56 Å². The Morgan fingerprint density at radius 3 is 2.47 bits per heavy atom. The van der Waals surface area contributed by atoms with Crippen LogP contribution < -0.4 is 0 Å². The molecule has 0 unspecified atom stereocenters. The van der Waals surface area contributed by atoms with E-state index >= 15 is 0 Å². The van der Waals surface area contributed by atoms with E-state index in [1.54, 1.807) is 0 Å². The lowest BCUT2D eigenvalue weighted by Gasteiger charge is -2.03. The van der Waals surface area contributed by atoms with E-state index in [-0.39, 0.29) is 5.56 Å². The van der Waals surface area contributed by atoms with Crippen molar-refractivity contribution in [1.29, 1.82) is 0 Å². The van der Waals surface area contributed by atoms with Crippen LogP contribution in [0, 0.1) is 5.82 Å². The molecule has 0 radical (unpaired) electrons. The molecule has 0 N–H and O–H groups in total. The van der Waals surface area contributed by atoms with Gasteiger partial charge >= 0.3 is 6.18 Å².